The van der Waals surface area contributed by atoms with Gasteiger partial charge in [-0.25, -0.2) is 4.39 Å². The van der Waals surface area contributed by atoms with Crippen molar-refractivity contribution in [1.82, 2.24) is 0 Å². The van der Waals surface area contributed by atoms with Crippen LogP contribution >= 0.6 is 22.6 Å². The largest absolute Gasteiger partial charge is 0.325 e. The molecule has 0 spiro atoms. The average Bonchev–Trinajstić information content (AvgIpc) is 2.61. The van der Waals surface area contributed by atoms with Gasteiger partial charge in [0.25, 0.3) is 0 Å². The number of rotatable bonds is 2. The summed E-state index contributed by atoms with van der Waals surface area (Å²) in [7, 11) is 0. The lowest BCUT2D eigenvalue weighted by atomic mass is 9.99. The van der Waals surface area contributed by atoms with Crippen molar-refractivity contribution in [1.29, 1.82) is 0 Å². The summed E-state index contributed by atoms with van der Waals surface area (Å²) in [5.74, 6) is -0.0679. The second-order valence-corrected chi connectivity index (χ2v) is 5.96. The first kappa shape index (κ1) is 13.8. The molecule has 0 atom stereocenters. The zero-order valence-electron chi connectivity index (χ0n) is 10.2. The number of benzene rings is 1. The van der Waals surface area contributed by atoms with E-state index in [1.165, 1.54) is 25.0 Å². The highest BCUT2D eigenvalue weighted by atomic mass is 127. The van der Waals surface area contributed by atoms with Crippen LogP contribution in [0.3, 0.4) is 0 Å². The van der Waals surface area contributed by atoms with E-state index in [0.717, 1.165) is 29.3 Å². The third kappa shape index (κ3) is 3.67. The topological polar surface area (TPSA) is 29.1 Å². The smallest absolute Gasteiger partial charge is 0.227 e. The van der Waals surface area contributed by atoms with Crippen LogP contribution in [0.25, 0.3) is 0 Å². The number of amides is 1. The molecule has 4 heteroatoms. The van der Waals surface area contributed by atoms with Crippen LogP contribution in [-0.2, 0) is 4.79 Å². The summed E-state index contributed by atoms with van der Waals surface area (Å²) in [5.41, 5.74) is 0.714. The van der Waals surface area contributed by atoms with Gasteiger partial charge in [0.15, 0.2) is 0 Å². The molecular weight excluding hydrogens is 344 g/mol. The van der Waals surface area contributed by atoms with Crippen LogP contribution in [0.15, 0.2) is 18.2 Å². The molecule has 1 saturated carbocycles. The first-order chi connectivity index (χ1) is 8.66. The van der Waals surface area contributed by atoms with Gasteiger partial charge in [0.2, 0.25) is 5.91 Å². The van der Waals surface area contributed by atoms with Crippen LogP contribution in [0.4, 0.5) is 10.1 Å². The standard InChI is InChI=1S/C14H17FINO/c15-11-7-8-13(12(16)9-11)17-14(18)10-5-3-1-2-4-6-10/h7-10H,1-6H2,(H,17,18). The third-order valence-electron chi connectivity index (χ3n) is 3.41. The minimum atomic E-state index is -0.271. The fourth-order valence-corrected chi connectivity index (χ4v) is 2.98. The van der Waals surface area contributed by atoms with Gasteiger partial charge in [-0.1, -0.05) is 25.7 Å². The van der Waals surface area contributed by atoms with Crippen LogP contribution in [0.1, 0.15) is 38.5 Å². The molecule has 2 rings (SSSR count). The lowest BCUT2D eigenvalue weighted by Crippen LogP contribution is -2.22. The van der Waals surface area contributed by atoms with Gasteiger partial charge in [-0.3, -0.25) is 4.79 Å². The van der Waals surface area contributed by atoms with E-state index in [4.69, 9.17) is 0 Å². The summed E-state index contributed by atoms with van der Waals surface area (Å²) >= 11 is 2.04. The minimum Gasteiger partial charge on any atom is -0.325 e. The molecule has 98 valence electrons. The van der Waals surface area contributed by atoms with Gasteiger partial charge in [-0.15, -0.1) is 0 Å². The maximum Gasteiger partial charge on any atom is 0.227 e. The molecular formula is C14H17FINO. The molecule has 0 aromatic heterocycles. The first-order valence-corrected chi connectivity index (χ1v) is 7.50. The van der Waals surface area contributed by atoms with E-state index in [2.05, 4.69) is 5.32 Å². The predicted octanol–water partition coefficient (Wildman–Crippen LogP) is 4.34. The first-order valence-electron chi connectivity index (χ1n) is 6.43. The molecule has 0 heterocycles. The van der Waals surface area contributed by atoms with Crippen LogP contribution in [0.2, 0.25) is 0 Å². The van der Waals surface area contributed by atoms with Gasteiger partial charge in [-0.05, 0) is 53.6 Å². The van der Waals surface area contributed by atoms with Crippen molar-refractivity contribution in [2.24, 2.45) is 5.92 Å². The molecule has 1 amide bonds. The summed E-state index contributed by atoms with van der Waals surface area (Å²) in [6.07, 6.45) is 6.69. The molecule has 0 radical (unpaired) electrons. The highest BCUT2D eigenvalue weighted by Gasteiger charge is 2.20. The van der Waals surface area contributed by atoms with Crippen LogP contribution in [-0.4, -0.2) is 5.91 Å². The van der Waals surface area contributed by atoms with E-state index in [1.807, 2.05) is 22.6 Å². The second-order valence-electron chi connectivity index (χ2n) is 4.80. The Bertz CT molecular complexity index is 428. The van der Waals surface area contributed by atoms with E-state index >= 15 is 0 Å². The Hall–Kier alpha value is -0.650. The van der Waals surface area contributed by atoms with Crippen LogP contribution < -0.4 is 5.32 Å². The van der Waals surface area contributed by atoms with E-state index in [0.29, 0.717) is 5.69 Å². The van der Waals surface area contributed by atoms with E-state index in [9.17, 15) is 9.18 Å². The van der Waals surface area contributed by atoms with Crippen molar-refractivity contribution in [2.75, 3.05) is 5.32 Å². The molecule has 0 bridgehead atoms. The SMILES string of the molecule is O=C(Nc1ccc(F)cc1I)C1CCCCCC1. The Morgan fingerprint density at radius 2 is 1.89 bits per heavy atom. The van der Waals surface area contributed by atoms with Gasteiger partial charge in [0.1, 0.15) is 5.82 Å². The number of carbonyl (C=O) groups is 1. The molecule has 1 aromatic rings. The van der Waals surface area contributed by atoms with Crippen molar-refractivity contribution in [2.45, 2.75) is 38.5 Å². The average molecular weight is 361 g/mol. The van der Waals surface area contributed by atoms with Crippen LogP contribution in [0.5, 0.6) is 0 Å². The molecule has 1 fully saturated rings. The zero-order valence-corrected chi connectivity index (χ0v) is 12.4. The number of nitrogens with one attached hydrogen (secondary N) is 1. The molecule has 1 N–H and O–H groups in total. The number of hydrogen-bond acceptors (Lipinski definition) is 1. The second kappa shape index (κ2) is 6.50. The molecule has 0 aliphatic heterocycles. The van der Waals surface area contributed by atoms with Gasteiger partial charge < -0.3 is 5.32 Å². The Labute approximate surface area is 120 Å². The Morgan fingerprint density at radius 1 is 1.22 bits per heavy atom. The summed E-state index contributed by atoms with van der Waals surface area (Å²) in [5, 5.41) is 2.92. The summed E-state index contributed by atoms with van der Waals surface area (Å²) in [6.45, 7) is 0. The quantitative estimate of drug-likeness (QED) is 0.616. The molecule has 1 aliphatic rings. The van der Waals surface area contributed by atoms with Crippen molar-refractivity contribution in [3.63, 3.8) is 0 Å². The Morgan fingerprint density at radius 3 is 2.50 bits per heavy atom. The normalized spacial score (nSPS) is 17.2. The molecule has 18 heavy (non-hydrogen) atoms. The minimum absolute atomic E-state index is 0.0847. The van der Waals surface area contributed by atoms with Crippen molar-refractivity contribution in [3.8, 4) is 0 Å². The lowest BCUT2D eigenvalue weighted by molar-refractivity contribution is -0.120. The monoisotopic (exact) mass is 361 g/mol. The molecule has 0 unspecified atom stereocenters. The number of hydrogen-bond donors (Lipinski definition) is 1. The van der Waals surface area contributed by atoms with Gasteiger partial charge in [0, 0.05) is 9.49 Å². The predicted molar refractivity (Wildman–Crippen MR) is 78.9 cm³/mol. The molecule has 0 saturated heterocycles. The summed E-state index contributed by atoms with van der Waals surface area (Å²) < 4.78 is 13.7. The molecule has 1 aromatic carbocycles. The highest BCUT2D eigenvalue weighted by molar-refractivity contribution is 14.1. The van der Waals surface area contributed by atoms with E-state index in [1.54, 1.807) is 6.07 Å². The maximum atomic E-state index is 13.0. The Kier molecular flexibility index (Phi) is 4.97. The van der Waals surface area contributed by atoms with Gasteiger partial charge in [0.05, 0.1) is 5.69 Å². The van der Waals surface area contributed by atoms with E-state index in [-0.39, 0.29) is 17.6 Å². The van der Waals surface area contributed by atoms with Crippen molar-refractivity contribution in [3.05, 3.63) is 27.6 Å². The summed E-state index contributed by atoms with van der Waals surface area (Å²) in [6, 6.07) is 4.44. The van der Waals surface area contributed by atoms with E-state index < -0.39 is 0 Å². The fourth-order valence-electron chi connectivity index (χ4n) is 2.37. The third-order valence-corrected chi connectivity index (χ3v) is 4.31. The lowest BCUT2D eigenvalue weighted by Gasteiger charge is -2.15. The van der Waals surface area contributed by atoms with Crippen molar-refractivity contribution < 1.29 is 9.18 Å². The maximum absolute atomic E-state index is 13.0. The number of carbonyl (C=O) groups excluding carboxylic acids is 1. The number of anilines is 1. The zero-order chi connectivity index (χ0) is 13.0. The molecule has 2 nitrogen and oxygen atoms in total. The fraction of sp³-hybridized carbons (Fsp3) is 0.500. The summed E-state index contributed by atoms with van der Waals surface area (Å²) in [4.78, 5) is 12.1. The molecule has 1 aliphatic carbocycles. The number of halogens is 2. The highest BCUT2D eigenvalue weighted by Crippen LogP contribution is 2.25. The van der Waals surface area contributed by atoms with Gasteiger partial charge >= 0.3 is 0 Å². The van der Waals surface area contributed by atoms with Gasteiger partial charge in [-0.2, -0.15) is 0 Å². The van der Waals surface area contributed by atoms with Crippen molar-refractivity contribution >= 4 is 34.2 Å². The Balaban J connectivity index is 2.01. The van der Waals surface area contributed by atoms with Crippen LogP contribution in [0, 0.1) is 15.3 Å².